The van der Waals surface area contributed by atoms with Crippen molar-refractivity contribution in [1.82, 2.24) is 4.90 Å². The van der Waals surface area contributed by atoms with Gasteiger partial charge in [-0.3, -0.25) is 4.79 Å². The second kappa shape index (κ2) is 5.32. The monoisotopic (exact) mass is 200 g/mol. The summed E-state index contributed by atoms with van der Waals surface area (Å²) in [7, 11) is 0. The molecule has 1 amide bonds. The number of nitrogens with zero attached hydrogens (tertiary/aromatic N) is 1. The van der Waals surface area contributed by atoms with Gasteiger partial charge in [0.15, 0.2) is 0 Å². The van der Waals surface area contributed by atoms with Crippen LogP contribution < -0.4 is 5.73 Å². The summed E-state index contributed by atoms with van der Waals surface area (Å²) in [6, 6.07) is 0.209. The van der Waals surface area contributed by atoms with E-state index >= 15 is 0 Å². The maximum absolute atomic E-state index is 11.8. The lowest BCUT2D eigenvalue weighted by Gasteiger charge is -2.34. The van der Waals surface area contributed by atoms with Gasteiger partial charge in [-0.25, -0.2) is 0 Å². The molecular weight excluding hydrogens is 180 g/mol. The predicted molar refractivity (Wildman–Crippen MR) is 54.8 cm³/mol. The maximum Gasteiger partial charge on any atom is 0.223 e. The number of amides is 1. The van der Waals surface area contributed by atoms with Crippen molar-refractivity contribution in [2.24, 2.45) is 11.7 Å². The number of carbonyl (C=O) groups excluding carboxylic acids is 1. The smallest absolute Gasteiger partial charge is 0.223 e. The van der Waals surface area contributed by atoms with Crippen molar-refractivity contribution in [2.75, 3.05) is 26.3 Å². The van der Waals surface area contributed by atoms with Crippen LogP contribution >= 0.6 is 0 Å². The van der Waals surface area contributed by atoms with Gasteiger partial charge in [-0.2, -0.15) is 0 Å². The van der Waals surface area contributed by atoms with Gasteiger partial charge in [-0.15, -0.1) is 0 Å². The zero-order chi connectivity index (χ0) is 10.6. The minimum absolute atomic E-state index is 0.207. The molecule has 0 saturated carbocycles. The highest BCUT2D eigenvalue weighted by molar-refractivity contribution is 5.76. The largest absolute Gasteiger partial charge is 0.377 e. The fraction of sp³-hybridized carbons (Fsp3) is 0.900. The van der Waals surface area contributed by atoms with Gasteiger partial charge in [-0.05, 0) is 19.4 Å². The quantitative estimate of drug-likeness (QED) is 0.709. The SMILES string of the molecule is CC(CN)CC(=O)N1CCOC[C@H]1C. The summed E-state index contributed by atoms with van der Waals surface area (Å²) in [6.07, 6.45) is 0.556. The Kier molecular flexibility index (Phi) is 4.35. The topological polar surface area (TPSA) is 55.6 Å². The Hall–Kier alpha value is -0.610. The molecule has 0 aromatic carbocycles. The van der Waals surface area contributed by atoms with Crippen LogP contribution in [0.15, 0.2) is 0 Å². The first kappa shape index (κ1) is 11.5. The summed E-state index contributed by atoms with van der Waals surface area (Å²) in [4.78, 5) is 13.7. The first-order valence-corrected chi connectivity index (χ1v) is 5.22. The molecule has 1 fully saturated rings. The third kappa shape index (κ3) is 2.96. The van der Waals surface area contributed by atoms with Gasteiger partial charge < -0.3 is 15.4 Å². The second-order valence-corrected chi connectivity index (χ2v) is 4.06. The third-order valence-corrected chi connectivity index (χ3v) is 2.61. The van der Waals surface area contributed by atoms with Crippen LogP contribution in [0.3, 0.4) is 0 Å². The van der Waals surface area contributed by atoms with E-state index in [1.807, 2.05) is 18.7 Å². The molecule has 4 nitrogen and oxygen atoms in total. The van der Waals surface area contributed by atoms with Gasteiger partial charge in [0.05, 0.1) is 19.3 Å². The first-order valence-electron chi connectivity index (χ1n) is 5.22. The summed E-state index contributed by atoms with van der Waals surface area (Å²) in [5, 5.41) is 0. The van der Waals surface area contributed by atoms with Gasteiger partial charge in [0, 0.05) is 13.0 Å². The van der Waals surface area contributed by atoms with Crippen LogP contribution in [-0.4, -0.2) is 43.2 Å². The van der Waals surface area contributed by atoms with E-state index in [1.165, 1.54) is 0 Å². The molecular formula is C10H20N2O2. The molecule has 0 aromatic heterocycles. The van der Waals surface area contributed by atoms with Crippen LogP contribution in [-0.2, 0) is 9.53 Å². The normalized spacial score (nSPS) is 24.8. The highest BCUT2D eigenvalue weighted by Crippen LogP contribution is 2.11. The number of hydrogen-bond acceptors (Lipinski definition) is 3. The van der Waals surface area contributed by atoms with Gasteiger partial charge in [-0.1, -0.05) is 6.92 Å². The first-order chi connectivity index (χ1) is 6.65. The van der Waals surface area contributed by atoms with Crippen LogP contribution in [0.4, 0.5) is 0 Å². The molecule has 1 aliphatic rings. The number of rotatable bonds is 3. The lowest BCUT2D eigenvalue weighted by Crippen LogP contribution is -2.47. The lowest BCUT2D eigenvalue weighted by molar-refractivity contribution is -0.139. The van der Waals surface area contributed by atoms with Crippen molar-refractivity contribution in [3.05, 3.63) is 0 Å². The van der Waals surface area contributed by atoms with Crippen LogP contribution in [0.25, 0.3) is 0 Å². The van der Waals surface area contributed by atoms with Crippen molar-refractivity contribution in [2.45, 2.75) is 26.3 Å². The third-order valence-electron chi connectivity index (χ3n) is 2.61. The predicted octanol–water partition coefficient (Wildman–Crippen LogP) is 0.219. The van der Waals surface area contributed by atoms with Crippen molar-refractivity contribution in [1.29, 1.82) is 0 Å². The molecule has 1 unspecified atom stereocenters. The Balaban J connectivity index is 2.42. The van der Waals surface area contributed by atoms with E-state index in [4.69, 9.17) is 10.5 Å². The minimum atomic E-state index is 0.207. The highest BCUT2D eigenvalue weighted by Gasteiger charge is 2.24. The average molecular weight is 200 g/mol. The van der Waals surface area contributed by atoms with Crippen LogP contribution in [0.1, 0.15) is 20.3 Å². The molecule has 0 spiro atoms. The van der Waals surface area contributed by atoms with Crippen molar-refractivity contribution in [3.8, 4) is 0 Å². The van der Waals surface area contributed by atoms with Gasteiger partial charge in [0.1, 0.15) is 0 Å². The second-order valence-electron chi connectivity index (χ2n) is 4.06. The van der Waals surface area contributed by atoms with Gasteiger partial charge >= 0.3 is 0 Å². The zero-order valence-corrected chi connectivity index (χ0v) is 9.03. The number of nitrogens with two attached hydrogens (primary N) is 1. The van der Waals surface area contributed by atoms with E-state index in [9.17, 15) is 4.79 Å². The van der Waals surface area contributed by atoms with Crippen molar-refractivity contribution in [3.63, 3.8) is 0 Å². The molecule has 2 N–H and O–H groups in total. The van der Waals surface area contributed by atoms with E-state index in [0.717, 1.165) is 6.54 Å². The Morgan fingerprint density at radius 2 is 2.43 bits per heavy atom. The summed E-state index contributed by atoms with van der Waals surface area (Å²) < 4.78 is 5.27. The molecule has 14 heavy (non-hydrogen) atoms. The maximum atomic E-state index is 11.8. The fourth-order valence-electron chi connectivity index (χ4n) is 1.60. The van der Waals surface area contributed by atoms with Gasteiger partial charge in [0.2, 0.25) is 5.91 Å². The molecule has 1 aliphatic heterocycles. The van der Waals surface area contributed by atoms with Gasteiger partial charge in [0.25, 0.3) is 0 Å². The Morgan fingerprint density at radius 3 is 3.00 bits per heavy atom. The molecule has 0 aliphatic carbocycles. The number of morpholine rings is 1. The summed E-state index contributed by atoms with van der Waals surface area (Å²) >= 11 is 0. The molecule has 0 radical (unpaired) electrons. The number of ether oxygens (including phenoxy) is 1. The molecule has 0 bridgehead atoms. The molecule has 1 heterocycles. The Morgan fingerprint density at radius 1 is 1.71 bits per heavy atom. The van der Waals surface area contributed by atoms with Crippen LogP contribution in [0.2, 0.25) is 0 Å². The van der Waals surface area contributed by atoms with Crippen molar-refractivity contribution < 1.29 is 9.53 Å². The number of carbonyl (C=O) groups is 1. The lowest BCUT2D eigenvalue weighted by atomic mass is 10.1. The molecule has 0 aromatic rings. The summed E-state index contributed by atoms with van der Waals surface area (Å²) in [5.74, 6) is 0.483. The van der Waals surface area contributed by atoms with E-state index in [-0.39, 0.29) is 17.9 Å². The summed E-state index contributed by atoms with van der Waals surface area (Å²) in [6.45, 7) is 6.63. The summed E-state index contributed by atoms with van der Waals surface area (Å²) in [5.41, 5.74) is 5.49. The molecule has 1 saturated heterocycles. The van der Waals surface area contributed by atoms with E-state index in [0.29, 0.717) is 26.2 Å². The molecule has 82 valence electrons. The number of hydrogen-bond donors (Lipinski definition) is 1. The Labute approximate surface area is 85.4 Å². The standard InChI is InChI=1S/C10H20N2O2/c1-8(6-11)5-10(13)12-3-4-14-7-9(12)2/h8-9H,3-7,11H2,1-2H3/t8?,9-/m1/s1. The molecule has 2 atom stereocenters. The Bertz CT molecular complexity index is 197. The van der Waals surface area contributed by atoms with Crippen molar-refractivity contribution >= 4 is 5.91 Å². The van der Waals surface area contributed by atoms with Crippen LogP contribution in [0, 0.1) is 5.92 Å². The zero-order valence-electron chi connectivity index (χ0n) is 9.03. The highest BCUT2D eigenvalue weighted by atomic mass is 16.5. The van der Waals surface area contributed by atoms with Crippen LogP contribution in [0.5, 0.6) is 0 Å². The van der Waals surface area contributed by atoms with E-state index < -0.39 is 0 Å². The molecule has 4 heteroatoms. The fourth-order valence-corrected chi connectivity index (χ4v) is 1.60. The minimum Gasteiger partial charge on any atom is -0.377 e. The molecule has 1 rings (SSSR count). The average Bonchev–Trinajstić information content (AvgIpc) is 2.18. The van der Waals surface area contributed by atoms with E-state index in [2.05, 4.69) is 0 Å². The van der Waals surface area contributed by atoms with E-state index in [1.54, 1.807) is 0 Å².